The molecule has 27 heavy (non-hydrogen) atoms. The van der Waals surface area contributed by atoms with E-state index in [2.05, 4.69) is 16.3 Å². The van der Waals surface area contributed by atoms with Crippen LogP contribution in [0.5, 0.6) is 0 Å². The van der Waals surface area contributed by atoms with Gasteiger partial charge in [-0.15, -0.1) is 0 Å². The van der Waals surface area contributed by atoms with Gasteiger partial charge in [-0.3, -0.25) is 9.69 Å². The highest BCUT2D eigenvalue weighted by Gasteiger charge is 2.08. The molecule has 0 atom stereocenters. The van der Waals surface area contributed by atoms with Crippen LogP contribution in [0.3, 0.4) is 0 Å². The van der Waals surface area contributed by atoms with E-state index in [1.807, 2.05) is 79.8 Å². The molecule has 0 spiro atoms. The van der Waals surface area contributed by atoms with Crippen LogP contribution in [0.1, 0.15) is 27.0 Å². The fourth-order valence-corrected chi connectivity index (χ4v) is 2.95. The number of nitrogens with zero attached hydrogens (tertiary/aromatic N) is 2. The molecule has 0 radical (unpaired) electrons. The molecule has 1 amide bonds. The maximum atomic E-state index is 12.5. The lowest BCUT2D eigenvalue weighted by Gasteiger charge is -2.17. The van der Waals surface area contributed by atoms with Crippen LogP contribution in [-0.2, 0) is 13.1 Å². The van der Waals surface area contributed by atoms with Gasteiger partial charge in [-0.25, -0.2) is 0 Å². The number of hydrogen-bond acceptors (Lipinski definition) is 3. The van der Waals surface area contributed by atoms with Crippen LogP contribution in [-0.4, -0.2) is 17.9 Å². The van der Waals surface area contributed by atoms with Gasteiger partial charge in [0.15, 0.2) is 0 Å². The van der Waals surface area contributed by atoms with E-state index in [1.165, 1.54) is 0 Å². The maximum absolute atomic E-state index is 12.5. The molecule has 0 aromatic heterocycles. The second kappa shape index (κ2) is 8.79. The molecule has 3 aromatic rings. The number of anilines is 1. The maximum Gasteiger partial charge on any atom is 0.255 e. The Kier molecular flexibility index (Phi) is 5.98. The summed E-state index contributed by atoms with van der Waals surface area (Å²) in [6.45, 7) is 1.44. The van der Waals surface area contributed by atoms with Crippen molar-refractivity contribution in [2.75, 3.05) is 12.4 Å². The van der Waals surface area contributed by atoms with Crippen molar-refractivity contribution in [3.05, 3.63) is 101 Å². The molecule has 0 saturated carbocycles. The first-order chi connectivity index (χ1) is 13.1. The van der Waals surface area contributed by atoms with Gasteiger partial charge in [0.2, 0.25) is 0 Å². The number of benzene rings is 3. The Morgan fingerprint density at radius 2 is 1.59 bits per heavy atom. The highest BCUT2D eigenvalue weighted by atomic mass is 16.1. The van der Waals surface area contributed by atoms with Gasteiger partial charge in [0, 0.05) is 24.3 Å². The minimum absolute atomic E-state index is 0.118. The molecule has 1 N–H and O–H groups in total. The van der Waals surface area contributed by atoms with Crippen molar-refractivity contribution in [3.8, 4) is 6.07 Å². The zero-order valence-electron chi connectivity index (χ0n) is 15.2. The van der Waals surface area contributed by atoms with Crippen molar-refractivity contribution in [3.63, 3.8) is 0 Å². The van der Waals surface area contributed by atoms with Crippen molar-refractivity contribution < 1.29 is 4.79 Å². The van der Waals surface area contributed by atoms with Crippen LogP contribution < -0.4 is 5.32 Å². The third kappa shape index (κ3) is 5.27. The molecule has 0 aliphatic rings. The summed E-state index contributed by atoms with van der Waals surface area (Å²) in [6.07, 6.45) is 0. The number of amides is 1. The van der Waals surface area contributed by atoms with Gasteiger partial charge in [-0.1, -0.05) is 42.5 Å². The Balaban J connectivity index is 1.64. The topological polar surface area (TPSA) is 56.1 Å². The van der Waals surface area contributed by atoms with E-state index < -0.39 is 0 Å². The zero-order chi connectivity index (χ0) is 19.1. The Bertz CT molecular complexity index is 961. The number of carbonyl (C=O) groups excluding carboxylic acids is 1. The van der Waals surface area contributed by atoms with Crippen LogP contribution in [0.2, 0.25) is 0 Å². The number of nitrogens with one attached hydrogen (secondary N) is 1. The lowest BCUT2D eigenvalue weighted by molar-refractivity contribution is 0.102. The van der Waals surface area contributed by atoms with Crippen LogP contribution in [0.15, 0.2) is 78.9 Å². The molecular formula is C23H21N3O. The Labute approximate surface area is 159 Å². The van der Waals surface area contributed by atoms with Crippen LogP contribution in [0.25, 0.3) is 0 Å². The van der Waals surface area contributed by atoms with E-state index in [0.717, 1.165) is 23.4 Å². The Morgan fingerprint density at radius 3 is 2.30 bits per heavy atom. The third-order valence-corrected chi connectivity index (χ3v) is 4.18. The van der Waals surface area contributed by atoms with Crippen LogP contribution in [0.4, 0.5) is 5.69 Å². The van der Waals surface area contributed by atoms with E-state index in [4.69, 9.17) is 5.26 Å². The number of nitriles is 1. The lowest BCUT2D eigenvalue weighted by atomic mass is 10.1. The van der Waals surface area contributed by atoms with Crippen molar-refractivity contribution in [2.24, 2.45) is 0 Å². The fourth-order valence-electron chi connectivity index (χ4n) is 2.95. The molecule has 0 aliphatic heterocycles. The number of carbonyl (C=O) groups is 1. The van der Waals surface area contributed by atoms with E-state index in [1.54, 1.807) is 6.07 Å². The van der Waals surface area contributed by atoms with Gasteiger partial charge < -0.3 is 5.32 Å². The smallest absolute Gasteiger partial charge is 0.255 e. The van der Waals surface area contributed by atoms with E-state index in [9.17, 15) is 4.79 Å². The van der Waals surface area contributed by atoms with Crippen LogP contribution in [0, 0.1) is 11.3 Å². The lowest BCUT2D eigenvalue weighted by Crippen LogP contribution is -2.18. The first kappa shape index (κ1) is 18.4. The molecule has 0 unspecified atom stereocenters. The average Bonchev–Trinajstić information content (AvgIpc) is 2.69. The summed E-state index contributed by atoms with van der Waals surface area (Å²) in [4.78, 5) is 14.6. The average molecular weight is 355 g/mol. The Hall–Kier alpha value is -3.42. The molecule has 3 rings (SSSR count). The van der Waals surface area contributed by atoms with Crippen LogP contribution >= 0.6 is 0 Å². The van der Waals surface area contributed by atoms with Gasteiger partial charge >= 0.3 is 0 Å². The summed E-state index contributed by atoms with van der Waals surface area (Å²) in [5.74, 6) is -0.118. The fraction of sp³-hybridized carbons (Fsp3) is 0.130. The predicted molar refractivity (Wildman–Crippen MR) is 107 cm³/mol. The predicted octanol–water partition coefficient (Wildman–Crippen LogP) is 4.44. The minimum Gasteiger partial charge on any atom is -0.322 e. The Morgan fingerprint density at radius 1 is 0.926 bits per heavy atom. The molecule has 3 aromatic carbocycles. The van der Waals surface area contributed by atoms with Crippen molar-refractivity contribution in [1.29, 1.82) is 5.26 Å². The summed E-state index contributed by atoms with van der Waals surface area (Å²) in [6, 6.07) is 26.9. The van der Waals surface area contributed by atoms with E-state index in [-0.39, 0.29) is 5.91 Å². The first-order valence-corrected chi connectivity index (χ1v) is 8.77. The van der Waals surface area contributed by atoms with Gasteiger partial charge in [0.05, 0.1) is 11.6 Å². The highest BCUT2D eigenvalue weighted by Crippen LogP contribution is 2.13. The summed E-state index contributed by atoms with van der Waals surface area (Å²) in [5.41, 5.74) is 4.24. The van der Waals surface area contributed by atoms with Crippen molar-refractivity contribution >= 4 is 11.6 Å². The molecule has 0 fully saturated rings. The SMILES string of the molecule is CN(Cc1cccc(C#N)c1)Cc1cccc(C(=O)Nc2ccccc2)c1. The molecule has 4 heteroatoms. The molecule has 0 saturated heterocycles. The number of hydrogen-bond donors (Lipinski definition) is 1. The highest BCUT2D eigenvalue weighted by molar-refractivity contribution is 6.04. The molecule has 0 aliphatic carbocycles. The van der Waals surface area contributed by atoms with Gasteiger partial charge in [-0.2, -0.15) is 5.26 Å². The monoisotopic (exact) mass is 355 g/mol. The standard InChI is InChI=1S/C23H21N3O/c1-26(16-19-8-5-7-18(13-19)15-24)17-20-9-6-10-21(14-20)23(27)25-22-11-3-2-4-12-22/h2-14H,16-17H2,1H3,(H,25,27). The summed E-state index contributed by atoms with van der Waals surface area (Å²) in [7, 11) is 2.02. The number of para-hydroxylation sites is 1. The summed E-state index contributed by atoms with van der Waals surface area (Å²) >= 11 is 0. The third-order valence-electron chi connectivity index (χ3n) is 4.18. The largest absolute Gasteiger partial charge is 0.322 e. The first-order valence-electron chi connectivity index (χ1n) is 8.77. The van der Waals surface area contributed by atoms with Gasteiger partial charge in [0.1, 0.15) is 0 Å². The molecule has 0 bridgehead atoms. The number of rotatable bonds is 6. The summed E-state index contributed by atoms with van der Waals surface area (Å²) < 4.78 is 0. The molecule has 4 nitrogen and oxygen atoms in total. The van der Waals surface area contributed by atoms with E-state index in [0.29, 0.717) is 17.7 Å². The van der Waals surface area contributed by atoms with Crippen molar-refractivity contribution in [1.82, 2.24) is 4.90 Å². The molecule has 134 valence electrons. The molecular weight excluding hydrogens is 334 g/mol. The quantitative estimate of drug-likeness (QED) is 0.711. The summed E-state index contributed by atoms with van der Waals surface area (Å²) in [5, 5.41) is 11.9. The van der Waals surface area contributed by atoms with E-state index >= 15 is 0 Å². The van der Waals surface area contributed by atoms with Gasteiger partial charge in [-0.05, 0) is 54.6 Å². The van der Waals surface area contributed by atoms with Crippen molar-refractivity contribution in [2.45, 2.75) is 13.1 Å². The second-order valence-electron chi connectivity index (χ2n) is 6.50. The van der Waals surface area contributed by atoms with Gasteiger partial charge in [0.25, 0.3) is 5.91 Å². The normalized spacial score (nSPS) is 10.4. The molecule has 0 heterocycles. The zero-order valence-corrected chi connectivity index (χ0v) is 15.2. The minimum atomic E-state index is -0.118. The second-order valence-corrected chi connectivity index (χ2v) is 6.50.